The van der Waals surface area contributed by atoms with Crippen LogP contribution in [0.15, 0.2) is 48.5 Å². The van der Waals surface area contributed by atoms with Crippen LogP contribution in [0.25, 0.3) is 0 Å². The van der Waals surface area contributed by atoms with Gasteiger partial charge in [0.15, 0.2) is 6.10 Å². The first-order chi connectivity index (χ1) is 13.6. The van der Waals surface area contributed by atoms with Crippen molar-refractivity contribution in [3.63, 3.8) is 0 Å². The second kappa shape index (κ2) is 10.3. The molecule has 0 radical (unpaired) electrons. The van der Waals surface area contributed by atoms with Crippen molar-refractivity contribution in [3.05, 3.63) is 59.7 Å². The molecule has 4 nitrogen and oxygen atoms in total. The summed E-state index contributed by atoms with van der Waals surface area (Å²) in [6.07, 6.45) is 1.39. The summed E-state index contributed by atoms with van der Waals surface area (Å²) in [7, 11) is 0. The van der Waals surface area contributed by atoms with Crippen LogP contribution >= 0.6 is 0 Å². The smallest absolute Gasteiger partial charge is 0.260 e. The number of amides is 1. The summed E-state index contributed by atoms with van der Waals surface area (Å²) in [5.41, 5.74) is 2.55. The molecule has 0 aliphatic heterocycles. The third kappa shape index (κ3) is 7.80. The quantitative estimate of drug-likeness (QED) is 0.585. The second-order valence-corrected chi connectivity index (χ2v) is 8.74. The Morgan fingerprint density at radius 2 is 1.66 bits per heavy atom. The van der Waals surface area contributed by atoms with Gasteiger partial charge in [-0.15, -0.1) is 0 Å². The van der Waals surface area contributed by atoms with Crippen LogP contribution in [0.2, 0.25) is 0 Å². The molecular weight excluding hydrogens is 362 g/mol. The third-order valence-corrected chi connectivity index (χ3v) is 4.61. The molecule has 0 aliphatic carbocycles. The summed E-state index contributed by atoms with van der Waals surface area (Å²) < 4.78 is 11.5. The van der Waals surface area contributed by atoms with E-state index in [1.807, 2.05) is 38.1 Å². The van der Waals surface area contributed by atoms with Crippen LogP contribution in [-0.2, 0) is 16.6 Å². The summed E-state index contributed by atoms with van der Waals surface area (Å²) in [6, 6.07) is 16.1. The normalized spacial score (nSPS) is 12.5. The average molecular weight is 398 g/mol. The Morgan fingerprint density at radius 1 is 0.966 bits per heavy atom. The monoisotopic (exact) mass is 397 g/mol. The zero-order valence-corrected chi connectivity index (χ0v) is 18.6. The Bertz CT molecular complexity index is 775. The first kappa shape index (κ1) is 22.8. The van der Waals surface area contributed by atoms with Gasteiger partial charge in [-0.05, 0) is 74.4 Å². The number of nitrogens with one attached hydrogen (secondary N) is 1. The van der Waals surface area contributed by atoms with Crippen molar-refractivity contribution >= 4 is 5.91 Å². The zero-order valence-electron chi connectivity index (χ0n) is 18.6. The van der Waals surface area contributed by atoms with Gasteiger partial charge in [-0.1, -0.05) is 45.0 Å². The first-order valence-corrected chi connectivity index (χ1v) is 10.5. The molecule has 0 saturated heterocycles. The highest BCUT2D eigenvalue weighted by Crippen LogP contribution is 2.24. The molecule has 2 aromatic carbocycles. The lowest BCUT2D eigenvalue weighted by atomic mass is 9.87. The summed E-state index contributed by atoms with van der Waals surface area (Å²) in [6.45, 7) is 12.9. The van der Waals surface area contributed by atoms with E-state index in [2.05, 4.69) is 50.4 Å². The summed E-state index contributed by atoms with van der Waals surface area (Å²) in [5, 5.41) is 2.96. The number of ether oxygens (including phenoxy) is 2. The van der Waals surface area contributed by atoms with Gasteiger partial charge in [-0.2, -0.15) is 0 Å². The number of hydrogen-bond acceptors (Lipinski definition) is 3. The highest BCUT2D eigenvalue weighted by Gasteiger charge is 2.16. The molecule has 0 spiro atoms. The number of hydrogen-bond donors (Lipinski definition) is 1. The predicted octanol–water partition coefficient (Wildman–Crippen LogP) is 5.29. The lowest BCUT2D eigenvalue weighted by molar-refractivity contribution is -0.127. The Morgan fingerprint density at radius 3 is 2.28 bits per heavy atom. The van der Waals surface area contributed by atoms with Crippen molar-refractivity contribution in [2.75, 3.05) is 6.54 Å². The number of benzene rings is 2. The van der Waals surface area contributed by atoms with Gasteiger partial charge in [0.1, 0.15) is 11.5 Å². The maximum atomic E-state index is 12.3. The number of rotatable bonds is 9. The Balaban J connectivity index is 1.75. The minimum Gasteiger partial charge on any atom is -0.491 e. The van der Waals surface area contributed by atoms with Gasteiger partial charge in [0.25, 0.3) is 5.91 Å². The molecule has 1 atom stereocenters. The third-order valence-electron chi connectivity index (χ3n) is 4.61. The Kier molecular flexibility index (Phi) is 8.12. The molecule has 0 aromatic heterocycles. The lowest BCUT2D eigenvalue weighted by Crippen LogP contribution is -2.36. The molecule has 29 heavy (non-hydrogen) atoms. The standard InChI is InChI=1S/C25H35NO3/c1-18(2)28-23-11-7-9-20(17-23)10-8-16-26-24(27)19(3)29-22-14-12-21(13-15-22)25(4,5)6/h7,9,11-15,17-19H,8,10,16H2,1-6H3,(H,26,27)/t19-/m0/s1. The van der Waals surface area contributed by atoms with Crippen LogP contribution in [0, 0.1) is 0 Å². The van der Waals surface area contributed by atoms with E-state index in [1.54, 1.807) is 6.92 Å². The molecule has 1 N–H and O–H groups in total. The molecule has 1 amide bonds. The second-order valence-electron chi connectivity index (χ2n) is 8.74. The highest BCUT2D eigenvalue weighted by atomic mass is 16.5. The number of carbonyl (C=O) groups is 1. The fraction of sp³-hybridized carbons (Fsp3) is 0.480. The maximum Gasteiger partial charge on any atom is 0.260 e. The van der Waals surface area contributed by atoms with Gasteiger partial charge in [0.05, 0.1) is 6.10 Å². The van der Waals surface area contributed by atoms with Crippen LogP contribution < -0.4 is 14.8 Å². The van der Waals surface area contributed by atoms with Crippen molar-refractivity contribution in [1.29, 1.82) is 0 Å². The fourth-order valence-corrected chi connectivity index (χ4v) is 2.99. The van der Waals surface area contributed by atoms with Crippen molar-refractivity contribution in [2.24, 2.45) is 0 Å². The molecule has 0 unspecified atom stereocenters. The van der Waals surface area contributed by atoms with Gasteiger partial charge in [0, 0.05) is 6.54 Å². The van der Waals surface area contributed by atoms with Crippen LogP contribution in [-0.4, -0.2) is 24.7 Å². The lowest BCUT2D eigenvalue weighted by Gasteiger charge is -2.20. The van der Waals surface area contributed by atoms with Gasteiger partial charge in [-0.25, -0.2) is 0 Å². The van der Waals surface area contributed by atoms with Gasteiger partial charge >= 0.3 is 0 Å². The molecule has 2 aromatic rings. The molecule has 0 saturated carbocycles. The van der Waals surface area contributed by atoms with E-state index in [9.17, 15) is 4.79 Å². The van der Waals surface area contributed by atoms with Crippen molar-refractivity contribution in [2.45, 2.75) is 72.0 Å². The minimum absolute atomic E-state index is 0.0956. The molecule has 0 fully saturated rings. The van der Waals surface area contributed by atoms with Gasteiger partial charge in [-0.3, -0.25) is 4.79 Å². The minimum atomic E-state index is -0.529. The predicted molar refractivity (Wildman–Crippen MR) is 119 cm³/mol. The van der Waals surface area contributed by atoms with Gasteiger partial charge in [0.2, 0.25) is 0 Å². The van der Waals surface area contributed by atoms with E-state index in [4.69, 9.17) is 9.47 Å². The van der Waals surface area contributed by atoms with Crippen molar-refractivity contribution < 1.29 is 14.3 Å². The van der Waals surface area contributed by atoms with Crippen LogP contribution in [0.3, 0.4) is 0 Å². The topological polar surface area (TPSA) is 47.6 Å². The highest BCUT2D eigenvalue weighted by molar-refractivity contribution is 5.80. The van der Waals surface area contributed by atoms with E-state index >= 15 is 0 Å². The van der Waals surface area contributed by atoms with Crippen molar-refractivity contribution in [3.8, 4) is 11.5 Å². The largest absolute Gasteiger partial charge is 0.491 e. The zero-order chi connectivity index (χ0) is 21.4. The Hall–Kier alpha value is -2.49. The summed E-state index contributed by atoms with van der Waals surface area (Å²) in [4.78, 5) is 12.3. The number of carbonyl (C=O) groups excluding carboxylic acids is 1. The molecule has 4 heteroatoms. The van der Waals surface area contributed by atoms with E-state index in [0.717, 1.165) is 18.6 Å². The summed E-state index contributed by atoms with van der Waals surface area (Å²) >= 11 is 0. The molecule has 2 rings (SSSR count). The maximum absolute atomic E-state index is 12.3. The molecule has 158 valence electrons. The SMILES string of the molecule is CC(C)Oc1cccc(CCCNC(=O)[C@H](C)Oc2ccc(C(C)(C)C)cc2)c1. The molecule has 0 bridgehead atoms. The van der Waals surface area contributed by atoms with Gasteiger partial charge < -0.3 is 14.8 Å². The van der Waals surface area contributed by atoms with E-state index in [0.29, 0.717) is 12.3 Å². The molecule has 0 aliphatic rings. The van der Waals surface area contributed by atoms with E-state index in [-0.39, 0.29) is 17.4 Å². The van der Waals surface area contributed by atoms with Crippen molar-refractivity contribution in [1.82, 2.24) is 5.32 Å². The number of aryl methyl sites for hydroxylation is 1. The summed E-state index contributed by atoms with van der Waals surface area (Å²) in [5.74, 6) is 1.51. The van der Waals surface area contributed by atoms with E-state index < -0.39 is 6.10 Å². The van der Waals surface area contributed by atoms with Crippen LogP contribution in [0.5, 0.6) is 11.5 Å². The average Bonchev–Trinajstić information content (AvgIpc) is 2.64. The molecule has 0 heterocycles. The first-order valence-electron chi connectivity index (χ1n) is 10.5. The fourth-order valence-electron chi connectivity index (χ4n) is 2.99. The Labute approximate surface area is 175 Å². The van der Waals surface area contributed by atoms with Crippen LogP contribution in [0.1, 0.15) is 59.1 Å². The van der Waals surface area contributed by atoms with Crippen LogP contribution in [0.4, 0.5) is 0 Å². The van der Waals surface area contributed by atoms with E-state index in [1.165, 1.54) is 11.1 Å². The molecular formula is C25H35NO3.